The third-order valence-corrected chi connectivity index (χ3v) is 9.29. The molecule has 1 atom stereocenters. The molecule has 2 heterocycles. The summed E-state index contributed by atoms with van der Waals surface area (Å²) >= 11 is 0. The molecule has 6 nitrogen and oxygen atoms in total. The fourth-order valence-electron chi connectivity index (χ4n) is 5.46. The number of piperazine rings is 1. The van der Waals surface area contributed by atoms with Crippen LogP contribution in [0.3, 0.4) is 0 Å². The fraction of sp³-hybridized carbons (Fsp3) is 0.345. The van der Waals surface area contributed by atoms with E-state index in [0.29, 0.717) is 32.5 Å². The lowest BCUT2D eigenvalue weighted by atomic mass is 9.95. The maximum atomic E-state index is 13.5. The van der Waals surface area contributed by atoms with Crippen molar-refractivity contribution in [2.75, 3.05) is 39.3 Å². The minimum absolute atomic E-state index is 0.0228. The van der Waals surface area contributed by atoms with Crippen LogP contribution >= 0.6 is 0 Å². The van der Waals surface area contributed by atoms with Crippen molar-refractivity contribution in [3.05, 3.63) is 102 Å². The van der Waals surface area contributed by atoms with Gasteiger partial charge >= 0.3 is 0 Å². The fourth-order valence-corrected chi connectivity index (χ4v) is 6.99. The topological polar surface area (TPSA) is 60.9 Å². The smallest absolute Gasteiger partial charge is 0.243 e. The number of nitrogens with zero attached hydrogens (tertiary/aromatic N) is 3. The Kier molecular flexibility index (Phi) is 7.69. The molecule has 0 bridgehead atoms. The van der Waals surface area contributed by atoms with E-state index in [4.69, 9.17) is 0 Å². The van der Waals surface area contributed by atoms with Gasteiger partial charge in [-0.25, -0.2) is 12.8 Å². The normalized spacial score (nSPS) is 19.7. The number of carbonyl (C=O) groups is 1. The quantitative estimate of drug-likeness (QED) is 0.489. The Balaban J connectivity index is 1.25. The highest BCUT2D eigenvalue weighted by molar-refractivity contribution is 7.89. The van der Waals surface area contributed by atoms with Crippen LogP contribution in [0.5, 0.6) is 0 Å². The van der Waals surface area contributed by atoms with Crippen LogP contribution in [0.25, 0.3) is 0 Å². The van der Waals surface area contributed by atoms with Crippen molar-refractivity contribution in [3.63, 3.8) is 0 Å². The number of carbonyl (C=O) groups excluding carboxylic acids is 1. The zero-order chi connectivity index (χ0) is 25.8. The molecule has 0 saturated carbocycles. The Labute approximate surface area is 218 Å². The molecule has 37 heavy (non-hydrogen) atoms. The highest BCUT2D eigenvalue weighted by Crippen LogP contribution is 2.30. The lowest BCUT2D eigenvalue weighted by Gasteiger charge is -2.41. The first-order chi connectivity index (χ1) is 17.9. The van der Waals surface area contributed by atoms with E-state index in [9.17, 15) is 17.6 Å². The number of hydrogen-bond acceptors (Lipinski definition) is 4. The Morgan fingerprint density at radius 2 is 1.35 bits per heavy atom. The van der Waals surface area contributed by atoms with E-state index < -0.39 is 15.8 Å². The molecule has 8 heteroatoms. The summed E-state index contributed by atoms with van der Waals surface area (Å²) in [5.74, 6) is -0.823. The molecule has 1 amide bonds. The van der Waals surface area contributed by atoms with Gasteiger partial charge in [-0.05, 0) is 48.2 Å². The number of sulfonamides is 1. The first kappa shape index (κ1) is 25.6. The molecule has 2 aliphatic rings. The van der Waals surface area contributed by atoms with E-state index in [1.165, 1.54) is 27.6 Å². The monoisotopic (exact) mass is 521 g/mol. The van der Waals surface area contributed by atoms with Gasteiger partial charge in [-0.2, -0.15) is 4.31 Å². The molecule has 0 spiro atoms. The lowest BCUT2D eigenvalue weighted by molar-refractivity contribution is -0.138. The van der Waals surface area contributed by atoms with Crippen LogP contribution in [0, 0.1) is 11.7 Å². The van der Waals surface area contributed by atoms with Crippen molar-refractivity contribution >= 4 is 15.9 Å². The van der Waals surface area contributed by atoms with E-state index in [-0.39, 0.29) is 29.3 Å². The summed E-state index contributed by atoms with van der Waals surface area (Å²) in [6, 6.07) is 25.8. The highest BCUT2D eigenvalue weighted by atomic mass is 32.2. The average molecular weight is 522 g/mol. The maximum absolute atomic E-state index is 13.5. The SMILES string of the molecule is O=C([C@H]1CCCN(S(=O)(=O)c2ccc(F)cc2)C1)N1CCN(C(c2ccccc2)c2ccccc2)CC1. The number of piperidine rings is 1. The van der Waals surface area contributed by atoms with Gasteiger partial charge in [0.1, 0.15) is 5.82 Å². The third-order valence-electron chi connectivity index (χ3n) is 7.41. The molecule has 3 aromatic carbocycles. The molecule has 0 aromatic heterocycles. The molecule has 5 rings (SSSR count). The van der Waals surface area contributed by atoms with Crippen molar-refractivity contribution in [3.8, 4) is 0 Å². The number of rotatable bonds is 6. The second-order valence-corrected chi connectivity index (χ2v) is 11.7. The van der Waals surface area contributed by atoms with E-state index in [1.807, 2.05) is 17.0 Å². The molecule has 194 valence electrons. The van der Waals surface area contributed by atoms with Gasteiger partial charge in [0.25, 0.3) is 0 Å². The summed E-state index contributed by atoms with van der Waals surface area (Å²) in [4.78, 5) is 17.8. The number of halogens is 1. The highest BCUT2D eigenvalue weighted by Gasteiger charge is 2.36. The largest absolute Gasteiger partial charge is 0.340 e. The van der Waals surface area contributed by atoms with E-state index >= 15 is 0 Å². The van der Waals surface area contributed by atoms with Crippen LogP contribution in [0.2, 0.25) is 0 Å². The zero-order valence-electron chi connectivity index (χ0n) is 20.7. The van der Waals surface area contributed by atoms with Gasteiger partial charge in [0.05, 0.1) is 16.9 Å². The van der Waals surface area contributed by atoms with Crippen LogP contribution < -0.4 is 0 Å². The molecular formula is C29H32FN3O3S. The molecule has 2 aliphatic heterocycles. The summed E-state index contributed by atoms with van der Waals surface area (Å²) in [6.07, 6.45) is 1.30. The zero-order valence-corrected chi connectivity index (χ0v) is 21.6. The second kappa shape index (κ2) is 11.1. The van der Waals surface area contributed by atoms with E-state index in [0.717, 1.165) is 25.2 Å². The number of benzene rings is 3. The van der Waals surface area contributed by atoms with Crippen LogP contribution in [-0.2, 0) is 14.8 Å². The van der Waals surface area contributed by atoms with Gasteiger partial charge in [-0.3, -0.25) is 9.69 Å². The van der Waals surface area contributed by atoms with Crippen molar-refractivity contribution in [2.45, 2.75) is 23.8 Å². The van der Waals surface area contributed by atoms with Crippen molar-refractivity contribution < 1.29 is 17.6 Å². The van der Waals surface area contributed by atoms with Crippen LogP contribution in [-0.4, -0.2) is 67.7 Å². The first-order valence-electron chi connectivity index (χ1n) is 12.8. The summed E-state index contributed by atoms with van der Waals surface area (Å²) in [5.41, 5.74) is 2.45. The average Bonchev–Trinajstić information content (AvgIpc) is 2.95. The van der Waals surface area contributed by atoms with E-state index in [1.54, 1.807) is 0 Å². The summed E-state index contributed by atoms with van der Waals surface area (Å²) in [5, 5.41) is 0. The Bertz CT molecular complexity index is 1260. The summed E-state index contributed by atoms with van der Waals surface area (Å²) in [7, 11) is -3.77. The minimum Gasteiger partial charge on any atom is -0.340 e. The standard InChI is InChI=1S/C29H32FN3O3S/c30-26-13-15-27(16-14-26)37(35,36)33-17-7-12-25(22-33)29(34)32-20-18-31(19-21-32)28(23-8-3-1-4-9-23)24-10-5-2-6-11-24/h1-6,8-11,13-16,25,28H,7,12,17-22H2/t25-/m0/s1. The predicted octanol–water partition coefficient (Wildman–Crippen LogP) is 4.16. The molecule has 0 N–H and O–H groups in total. The van der Waals surface area contributed by atoms with Crippen LogP contribution in [0.15, 0.2) is 89.8 Å². The van der Waals surface area contributed by atoms with Gasteiger partial charge < -0.3 is 4.90 Å². The Morgan fingerprint density at radius 3 is 1.92 bits per heavy atom. The molecular weight excluding hydrogens is 489 g/mol. The molecule has 2 fully saturated rings. The maximum Gasteiger partial charge on any atom is 0.243 e. The third kappa shape index (κ3) is 5.61. The lowest BCUT2D eigenvalue weighted by Crippen LogP contribution is -2.53. The second-order valence-electron chi connectivity index (χ2n) is 9.74. The molecule has 2 saturated heterocycles. The molecule has 0 radical (unpaired) electrons. The van der Waals surface area contributed by atoms with Gasteiger partial charge in [0, 0.05) is 39.3 Å². The predicted molar refractivity (Wildman–Crippen MR) is 141 cm³/mol. The van der Waals surface area contributed by atoms with Crippen LogP contribution in [0.4, 0.5) is 4.39 Å². The first-order valence-corrected chi connectivity index (χ1v) is 14.3. The van der Waals surface area contributed by atoms with Gasteiger partial charge in [0.2, 0.25) is 15.9 Å². The van der Waals surface area contributed by atoms with Crippen LogP contribution in [0.1, 0.15) is 30.0 Å². The van der Waals surface area contributed by atoms with E-state index in [2.05, 4.69) is 53.4 Å². The molecule has 0 aliphatic carbocycles. The van der Waals surface area contributed by atoms with Gasteiger partial charge in [-0.15, -0.1) is 0 Å². The minimum atomic E-state index is -3.77. The summed E-state index contributed by atoms with van der Waals surface area (Å²) < 4.78 is 40.9. The van der Waals surface area contributed by atoms with Crippen molar-refractivity contribution in [1.82, 2.24) is 14.1 Å². The van der Waals surface area contributed by atoms with Crippen molar-refractivity contribution in [1.29, 1.82) is 0 Å². The molecule has 3 aromatic rings. The van der Waals surface area contributed by atoms with Gasteiger partial charge in [-0.1, -0.05) is 60.7 Å². The number of amides is 1. The number of hydrogen-bond donors (Lipinski definition) is 0. The van der Waals surface area contributed by atoms with Gasteiger partial charge in [0.15, 0.2) is 0 Å². The Morgan fingerprint density at radius 1 is 0.784 bits per heavy atom. The summed E-state index contributed by atoms with van der Waals surface area (Å²) in [6.45, 7) is 3.23. The Hall–Kier alpha value is -3.07. The van der Waals surface area contributed by atoms with Crippen molar-refractivity contribution in [2.24, 2.45) is 5.92 Å². The molecule has 0 unspecified atom stereocenters.